The van der Waals surface area contributed by atoms with E-state index < -0.39 is 0 Å². The molecule has 0 spiro atoms. The van der Waals surface area contributed by atoms with Crippen LogP contribution in [0, 0.1) is 11.8 Å². The van der Waals surface area contributed by atoms with Crippen LogP contribution in [-0.4, -0.2) is 23.5 Å². The number of fused-ring (bicyclic) bond motifs is 2. The molecule has 1 aromatic rings. The molecule has 3 atom stereocenters. The Labute approximate surface area is 120 Å². The van der Waals surface area contributed by atoms with Crippen molar-refractivity contribution in [2.24, 2.45) is 11.8 Å². The second-order valence-corrected chi connectivity index (χ2v) is 6.11. The number of hydrogen-bond donors (Lipinski definition) is 2. The third kappa shape index (κ3) is 2.79. The number of pyridine rings is 1. The van der Waals surface area contributed by atoms with Gasteiger partial charge in [0.25, 0.3) is 5.91 Å². The summed E-state index contributed by atoms with van der Waals surface area (Å²) < 4.78 is 0. The van der Waals surface area contributed by atoms with Gasteiger partial charge in [0.2, 0.25) is 0 Å². The van der Waals surface area contributed by atoms with Crippen LogP contribution in [0.3, 0.4) is 0 Å². The Balaban J connectivity index is 1.62. The number of rotatable bonds is 5. The first-order chi connectivity index (χ1) is 9.76. The lowest BCUT2D eigenvalue weighted by Gasteiger charge is -2.22. The largest absolute Gasteiger partial charge is 0.385 e. The van der Waals surface area contributed by atoms with E-state index in [1.807, 2.05) is 12.1 Å². The van der Waals surface area contributed by atoms with Crippen LogP contribution < -0.4 is 10.6 Å². The highest BCUT2D eigenvalue weighted by Gasteiger charge is 2.40. The summed E-state index contributed by atoms with van der Waals surface area (Å²) in [4.78, 5) is 16.5. The van der Waals surface area contributed by atoms with Crippen LogP contribution in [-0.2, 0) is 0 Å². The number of aromatic nitrogens is 1. The molecule has 108 valence electrons. The predicted octanol–water partition coefficient (Wildman–Crippen LogP) is 2.82. The molecule has 2 fully saturated rings. The molecule has 2 bridgehead atoms. The number of carbonyl (C=O) groups is 1. The third-order valence-corrected chi connectivity index (χ3v) is 4.63. The molecule has 2 saturated carbocycles. The van der Waals surface area contributed by atoms with Gasteiger partial charge in [0.05, 0.1) is 0 Å². The van der Waals surface area contributed by atoms with Crippen LogP contribution in [0.4, 0.5) is 5.69 Å². The van der Waals surface area contributed by atoms with Crippen molar-refractivity contribution in [3.8, 4) is 0 Å². The molecule has 0 saturated heterocycles. The quantitative estimate of drug-likeness (QED) is 0.867. The van der Waals surface area contributed by atoms with Crippen molar-refractivity contribution < 1.29 is 4.79 Å². The normalized spacial score (nSPS) is 27.6. The molecule has 0 radical (unpaired) electrons. The molecule has 1 aromatic heterocycles. The van der Waals surface area contributed by atoms with Gasteiger partial charge >= 0.3 is 0 Å². The van der Waals surface area contributed by atoms with Crippen molar-refractivity contribution in [3.63, 3.8) is 0 Å². The van der Waals surface area contributed by atoms with E-state index in [-0.39, 0.29) is 5.91 Å². The van der Waals surface area contributed by atoms with E-state index in [2.05, 4.69) is 22.5 Å². The van der Waals surface area contributed by atoms with Crippen molar-refractivity contribution in [1.82, 2.24) is 10.3 Å². The topological polar surface area (TPSA) is 54.0 Å². The Hall–Kier alpha value is -1.58. The maximum atomic E-state index is 12.3. The van der Waals surface area contributed by atoms with Gasteiger partial charge in [-0.2, -0.15) is 0 Å². The summed E-state index contributed by atoms with van der Waals surface area (Å²) in [7, 11) is 0. The van der Waals surface area contributed by atoms with Crippen LogP contribution in [0.25, 0.3) is 0 Å². The monoisotopic (exact) mass is 273 g/mol. The smallest absolute Gasteiger partial charge is 0.270 e. The van der Waals surface area contributed by atoms with E-state index in [1.54, 1.807) is 6.20 Å². The summed E-state index contributed by atoms with van der Waals surface area (Å²) in [6, 6.07) is 4.12. The highest BCUT2D eigenvalue weighted by atomic mass is 16.1. The van der Waals surface area contributed by atoms with Crippen LogP contribution in [0.2, 0.25) is 0 Å². The Morgan fingerprint density at radius 3 is 3.00 bits per heavy atom. The number of anilines is 1. The molecule has 2 aliphatic carbocycles. The SMILES string of the molecule is CCCNc1ccnc(C(=O)NC2CC3CCC2C3)c1. The zero-order valence-electron chi connectivity index (χ0n) is 12.1. The minimum atomic E-state index is -0.0253. The van der Waals surface area contributed by atoms with Gasteiger partial charge in [-0.05, 0) is 49.7 Å². The fourth-order valence-corrected chi connectivity index (χ4v) is 3.60. The van der Waals surface area contributed by atoms with E-state index in [9.17, 15) is 4.79 Å². The molecule has 1 heterocycles. The van der Waals surface area contributed by atoms with E-state index in [1.165, 1.54) is 19.3 Å². The molecule has 4 nitrogen and oxygen atoms in total. The van der Waals surface area contributed by atoms with Crippen LogP contribution in [0.15, 0.2) is 18.3 Å². The lowest BCUT2D eigenvalue weighted by Crippen LogP contribution is -2.38. The van der Waals surface area contributed by atoms with Gasteiger partial charge in [-0.25, -0.2) is 0 Å². The van der Waals surface area contributed by atoms with E-state index in [0.29, 0.717) is 17.7 Å². The first-order valence-corrected chi connectivity index (χ1v) is 7.77. The number of carbonyl (C=O) groups excluding carboxylic acids is 1. The lowest BCUT2D eigenvalue weighted by molar-refractivity contribution is 0.0918. The second kappa shape index (κ2) is 5.81. The summed E-state index contributed by atoms with van der Waals surface area (Å²) in [5.74, 6) is 1.52. The molecule has 2 aliphatic rings. The Morgan fingerprint density at radius 2 is 2.30 bits per heavy atom. The Kier molecular flexibility index (Phi) is 3.90. The van der Waals surface area contributed by atoms with Crippen LogP contribution in [0.5, 0.6) is 0 Å². The highest BCUT2D eigenvalue weighted by Crippen LogP contribution is 2.44. The maximum absolute atomic E-state index is 12.3. The van der Waals surface area contributed by atoms with Crippen molar-refractivity contribution in [1.29, 1.82) is 0 Å². The number of nitrogens with one attached hydrogen (secondary N) is 2. The number of hydrogen-bond acceptors (Lipinski definition) is 3. The minimum absolute atomic E-state index is 0.0253. The van der Waals surface area contributed by atoms with Gasteiger partial charge in [-0.1, -0.05) is 13.3 Å². The fourth-order valence-electron chi connectivity index (χ4n) is 3.60. The summed E-state index contributed by atoms with van der Waals surface area (Å²) >= 11 is 0. The van der Waals surface area contributed by atoms with Gasteiger partial charge in [-0.3, -0.25) is 9.78 Å². The summed E-state index contributed by atoms with van der Waals surface area (Å²) in [6.07, 6.45) is 7.86. The molecule has 3 unspecified atom stereocenters. The van der Waals surface area contributed by atoms with Gasteiger partial charge in [0.1, 0.15) is 5.69 Å². The average molecular weight is 273 g/mol. The zero-order chi connectivity index (χ0) is 13.9. The highest BCUT2D eigenvalue weighted by molar-refractivity contribution is 5.93. The predicted molar refractivity (Wildman–Crippen MR) is 79.7 cm³/mol. The van der Waals surface area contributed by atoms with Crippen molar-refractivity contribution in [3.05, 3.63) is 24.0 Å². The molecule has 2 N–H and O–H groups in total. The number of amides is 1. The molecule has 4 heteroatoms. The zero-order valence-corrected chi connectivity index (χ0v) is 12.1. The van der Waals surface area contributed by atoms with Crippen LogP contribution in [0.1, 0.15) is 49.5 Å². The summed E-state index contributed by atoms with van der Waals surface area (Å²) in [6.45, 7) is 3.04. The van der Waals surface area contributed by atoms with Crippen molar-refractivity contribution in [2.75, 3.05) is 11.9 Å². The molecule has 20 heavy (non-hydrogen) atoms. The van der Waals surface area contributed by atoms with Gasteiger partial charge in [-0.15, -0.1) is 0 Å². The molecular weight excluding hydrogens is 250 g/mol. The Bertz CT molecular complexity index is 488. The van der Waals surface area contributed by atoms with E-state index in [4.69, 9.17) is 0 Å². The lowest BCUT2D eigenvalue weighted by atomic mass is 9.95. The van der Waals surface area contributed by atoms with Crippen molar-refractivity contribution in [2.45, 2.75) is 45.1 Å². The summed E-state index contributed by atoms with van der Waals surface area (Å²) in [5.41, 5.74) is 1.49. The first-order valence-electron chi connectivity index (χ1n) is 7.77. The summed E-state index contributed by atoms with van der Waals surface area (Å²) in [5, 5.41) is 6.47. The van der Waals surface area contributed by atoms with Gasteiger partial charge < -0.3 is 10.6 Å². The molecule has 0 aliphatic heterocycles. The molecule has 1 amide bonds. The average Bonchev–Trinajstić information content (AvgIpc) is 3.08. The third-order valence-electron chi connectivity index (χ3n) is 4.63. The molecular formula is C16H23N3O. The van der Waals surface area contributed by atoms with Gasteiger partial charge in [0.15, 0.2) is 0 Å². The van der Waals surface area contributed by atoms with Crippen molar-refractivity contribution >= 4 is 11.6 Å². The minimum Gasteiger partial charge on any atom is -0.385 e. The van der Waals surface area contributed by atoms with E-state index >= 15 is 0 Å². The number of nitrogens with zero attached hydrogens (tertiary/aromatic N) is 1. The van der Waals surface area contributed by atoms with Gasteiger partial charge in [0, 0.05) is 24.5 Å². The molecule has 3 rings (SSSR count). The fraction of sp³-hybridized carbons (Fsp3) is 0.625. The standard InChI is InChI=1S/C16H23N3O/c1-2-6-17-13-5-7-18-15(10-13)16(20)19-14-9-11-3-4-12(14)8-11/h5,7,10-12,14H,2-4,6,8-9H2,1H3,(H,17,18)(H,19,20). The Morgan fingerprint density at radius 1 is 1.40 bits per heavy atom. The maximum Gasteiger partial charge on any atom is 0.270 e. The van der Waals surface area contributed by atoms with E-state index in [0.717, 1.165) is 31.0 Å². The second-order valence-electron chi connectivity index (χ2n) is 6.11. The molecule has 0 aromatic carbocycles. The first kappa shape index (κ1) is 13.4. The van der Waals surface area contributed by atoms with Crippen LogP contribution >= 0.6 is 0 Å².